The summed E-state index contributed by atoms with van der Waals surface area (Å²) in [5.41, 5.74) is 12.1. The zero-order chi connectivity index (χ0) is 9.68. The maximum atomic E-state index is 8.62. The van der Waals surface area contributed by atoms with Crippen molar-refractivity contribution in [3.05, 3.63) is 16.1 Å². The fourth-order valence-electron chi connectivity index (χ4n) is 0.969. The van der Waals surface area contributed by atoms with E-state index in [1.807, 2.05) is 5.38 Å². The highest BCUT2D eigenvalue weighted by atomic mass is 32.1. The van der Waals surface area contributed by atoms with Crippen molar-refractivity contribution in [3.63, 3.8) is 0 Å². The quantitative estimate of drug-likeness (QED) is 0.627. The highest BCUT2D eigenvalue weighted by Crippen LogP contribution is 2.16. The lowest BCUT2D eigenvalue weighted by molar-refractivity contribution is 0.288. The van der Waals surface area contributed by atoms with E-state index in [4.69, 9.17) is 16.6 Å². The monoisotopic (exact) mass is 201 g/mol. The van der Waals surface area contributed by atoms with Gasteiger partial charge in [-0.25, -0.2) is 4.98 Å². The Morgan fingerprint density at radius 3 is 3.00 bits per heavy atom. The Hall–Kier alpha value is -0.490. The minimum Gasteiger partial charge on any atom is -0.396 e. The van der Waals surface area contributed by atoms with Gasteiger partial charge in [-0.05, 0) is 12.8 Å². The van der Waals surface area contributed by atoms with E-state index in [1.54, 1.807) is 0 Å². The van der Waals surface area contributed by atoms with Gasteiger partial charge in [-0.15, -0.1) is 11.3 Å². The molecule has 5 heteroatoms. The van der Waals surface area contributed by atoms with Gasteiger partial charge in [-0.3, -0.25) is 0 Å². The van der Waals surface area contributed by atoms with Gasteiger partial charge in [0.05, 0.1) is 11.7 Å². The Bertz CT molecular complexity index is 251. The minimum absolute atomic E-state index is 0.145. The van der Waals surface area contributed by atoms with Crippen LogP contribution >= 0.6 is 11.3 Å². The van der Waals surface area contributed by atoms with Crippen LogP contribution in [0.5, 0.6) is 0 Å². The van der Waals surface area contributed by atoms with Crippen molar-refractivity contribution in [3.8, 4) is 0 Å². The van der Waals surface area contributed by atoms with E-state index in [1.165, 1.54) is 11.3 Å². The van der Waals surface area contributed by atoms with Gasteiger partial charge >= 0.3 is 0 Å². The number of hydrogen-bond acceptors (Lipinski definition) is 5. The number of aliphatic hydroxyl groups excluding tert-OH is 1. The van der Waals surface area contributed by atoms with E-state index >= 15 is 0 Å². The first-order valence-corrected chi connectivity index (χ1v) is 5.16. The third kappa shape index (κ3) is 3.04. The van der Waals surface area contributed by atoms with Crippen molar-refractivity contribution in [2.45, 2.75) is 18.9 Å². The van der Waals surface area contributed by atoms with Gasteiger partial charge in [-0.1, -0.05) is 0 Å². The Kier molecular flexibility index (Phi) is 4.31. The lowest BCUT2D eigenvalue weighted by atomic mass is 10.2. The molecule has 0 unspecified atom stereocenters. The van der Waals surface area contributed by atoms with Crippen LogP contribution < -0.4 is 11.5 Å². The summed E-state index contributed by atoms with van der Waals surface area (Å²) >= 11 is 1.53. The zero-order valence-electron chi connectivity index (χ0n) is 7.44. The van der Waals surface area contributed by atoms with Crippen LogP contribution in [0.2, 0.25) is 0 Å². The number of aryl methyl sites for hydroxylation is 1. The number of nitrogens with two attached hydrogens (primary N) is 2. The van der Waals surface area contributed by atoms with Crippen LogP contribution in [0.4, 0.5) is 0 Å². The number of thiazole rings is 1. The fourth-order valence-corrected chi connectivity index (χ4v) is 1.84. The summed E-state index contributed by atoms with van der Waals surface area (Å²) in [6, 6.07) is -0.145. The summed E-state index contributed by atoms with van der Waals surface area (Å²) in [5, 5.41) is 11.5. The predicted octanol–water partition coefficient (Wildman–Crippen LogP) is 0.0265. The molecule has 0 bridgehead atoms. The Morgan fingerprint density at radius 2 is 2.38 bits per heavy atom. The second kappa shape index (κ2) is 5.29. The number of hydrogen-bond donors (Lipinski definition) is 3. The van der Waals surface area contributed by atoms with Gasteiger partial charge in [0.1, 0.15) is 5.01 Å². The lowest BCUT2D eigenvalue weighted by Crippen LogP contribution is -2.20. The van der Waals surface area contributed by atoms with Gasteiger partial charge in [-0.2, -0.15) is 0 Å². The molecule has 1 aromatic rings. The molecule has 74 valence electrons. The number of aromatic nitrogens is 1. The molecule has 1 rings (SSSR count). The molecule has 0 saturated carbocycles. The lowest BCUT2D eigenvalue weighted by Gasteiger charge is -2.02. The molecule has 0 spiro atoms. The van der Waals surface area contributed by atoms with Crippen LogP contribution in [-0.4, -0.2) is 23.2 Å². The first-order chi connectivity index (χ1) is 6.27. The summed E-state index contributed by atoms with van der Waals surface area (Å²) in [5.74, 6) is 0. The third-order valence-corrected chi connectivity index (χ3v) is 2.76. The van der Waals surface area contributed by atoms with Crippen LogP contribution in [-0.2, 0) is 6.42 Å². The largest absolute Gasteiger partial charge is 0.396 e. The Labute approximate surface area is 81.6 Å². The molecule has 0 aromatic carbocycles. The minimum atomic E-state index is -0.145. The number of nitrogens with zero attached hydrogens (tertiary/aromatic N) is 1. The average molecular weight is 201 g/mol. The molecule has 0 radical (unpaired) electrons. The van der Waals surface area contributed by atoms with Crippen molar-refractivity contribution in [1.29, 1.82) is 0 Å². The molecule has 1 atom stereocenters. The van der Waals surface area contributed by atoms with Crippen LogP contribution in [0, 0.1) is 0 Å². The van der Waals surface area contributed by atoms with Crippen LogP contribution in [0.15, 0.2) is 5.38 Å². The van der Waals surface area contributed by atoms with Crippen LogP contribution in [0.3, 0.4) is 0 Å². The molecule has 5 N–H and O–H groups in total. The summed E-state index contributed by atoms with van der Waals surface area (Å²) in [6.07, 6.45) is 1.56. The first kappa shape index (κ1) is 10.6. The Balaban J connectivity index is 2.53. The first-order valence-electron chi connectivity index (χ1n) is 4.28. The van der Waals surface area contributed by atoms with Crippen molar-refractivity contribution >= 4 is 11.3 Å². The molecule has 13 heavy (non-hydrogen) atoms. The zero-order valence-corrected chi connectivity index (χ0v) is 8.26. The second-order valence-corrected chi connectivity index (χ2v) is 3.74. The van der Waals surface area contributed by atoms with E-state index in [2.05, 4.69) is 4.98 Å². The van der Waals surface area contributed by atoms with Gasteiger partial charge in [0.15, 0.2) is 0 Å². The predicted molar refractivity (Wildman–Crippen MR) is 53.5 cm³/mol. The van der Waals surface area contributed by atoms with Crippen LogP contribution in [0.25, 0.3) is 0 Å². The summed E-state index contributed by atoms with van der Waals surface area (Å²) in [7, 11) is 0. The third-order valence-electron chi connectivity index (χ3n) is 1.73. The highest BCUT2D eigenvalue weighted by Gasteiger charge is 2.08. The summed E-state index contributed by atoms with van der Waals surface area (Å²) < 4.78 is 0. The van der Waals surface area contributed by atoms with Crippen molar-refractivity contribution in [2.75, 3.05) is 13.2 Å². The standard InChI is InChI=1S/C8H15N3OS/c9-4-7(10)8-11-6(5-13-8)2-1-3-12/h5,7,12H,1-4,9-10H2/t7-/m1/s1. The van der Waals surface area contributed by atoms with Gasteiger partial charge in [0, 0.05) is 18.5 Å². The van der Waals surface area contributed by atoms with Crippen molar-refractivity contribution in [1.82, 2.24) is 4.98 Å². The van der Waals surface area contributed by atoms with E-state index in [-0.39, 0.29) is 12.6 Å². The maximum absolute atomic E-state index is 8.62. The fraction of sp³-hybridized carbons (Fsp3) is 0.625. The smallest absolute Gasteiger partial charge is 0.111 e. The average Bonchev–Trinajstić information content (AvgIpc) is 2.62. The van der Waals surface area contributed by atoms with E-state index < -0.39 is 0 Å². The van der Waals surface area contributed by atoms with Gasteiger partial charge in [0.25, 0.3) is 0 Å². The SMILES string of the molecule is NC[C@@H](N)c1nc(CCCO)cs1. The summed E-state index contributed by atoms with van der Waals surface area (Å²) in [4.78, 5) is 4.32. The van der Waals surface area contributed by atoms with Crippen molar-refractivity contribution in [2.24, 2.45) is 11.5 Å². The van der Waals surface area contributed by atoms with E-state index in [0.717, 1.165) is 23.5 Å². The maximum Gasteiger partial charge on any atom is 0.111 e. The normalized spacial score (nSPS) is 13.2. The molecule has 0 aliphatic heterocycles. The molecule has 0 fully saturated rings. The number of rotatable bonds is 5. The molecule has 1 heterocycles. The number of aliphatic hydroxyl groups is 1. The molecule has 1 aromatic heterocycles. The molecule has 0 aliphatic carbocycles. The van der Waals surface area contributed by atoms with E-state index in [0.29, 0.717) is 6.54 Å². The molecule has 0 aliphatic rings. The van der Waals surface area contributed by atoms with Crippen molar-refractivity contribution < 1.29 is 5.11 Å². The molecule has 0 amide bonds. The Morgan fingerprint density at radius 1 is 1.62 bits per heavy atom. The molecular weight excluding hydrogens is 186 g/mol. The summed E-state index contributed by atoms with van der Waals surface area (Å²) in [6.45, 7) is 0.628. The molecule has 0 saturated heterocycles. The van der Waals surface area contributed by atoms with Gasteiger partial charge < -0.3 is 16.6 Å². The van der Waals surface area contributed by atoms with Gasteiger partial charge in [0.2, 0.25) is 0 Å². The molecule has 4 nitrogen and oxygen atoms in total. The second-order valence-electron chi connectivity index (χ2n) is 2.85. The molecular formula is C8H15N3OS. The van der Waals surface area contributed by atoms with E-state index in [9.17, 15) is 0 Å². The van der Waals surface area contributed by atoms with Crippen LogP contribution in [0.1, 0.15) is 23.2 Å². The highest BCUT2D eigenvalue weighted by molar-refractivity contribution is 7.09. The topological polar surface area (TPSA) is 85.2 Å².